The molecule has 2 aliphatic heterocycles. The Bertz CT molecular complexity index is 2860. The van der Waals surface area contributed by atoms with Gasteiger partial charge in [-0.15, -0.1) is 0 Å². The van der Waals surface area contributed by atoms with Crippen molar-refractivity contribution < 1.29 is 0 Å². The smallest absolute Gasteiger partial charge is 0.145 e. The fraction of sp³-hybridized carbons (Fsp3) is 0.0962. The Morgan fingerprint density at radius 3 is 1.97 bits per heavy atom. The second kappa shape index (κ2) is 15.7. The van der Waals surface area contributed by atoms with Crippen LogP contribution in [0.3, 0.4) is 0 Å². The molecule has 282 valence electrons. The first kappa shape index (κ1) is 36.3. The molecule has 2 atom stereocenters. The molecule has 4 heterocycles. The summed E-state index contributed by atoms with van der Waals surface area (Å²) in [7, 11) is 2.09. The Morgan fingerprint density at radius 2 is 1.28 bits per heavy atom. The largest absolute Gasteiger partial charge is 0.360 e. The van der Waals surface area contributed by atoms with E-state index in [1.165, 1.54) is 10.9 Å². The van der Waals surface area contributed by atoms with Crippen LogP contribution in [0.25, 0.3) is 44.3 Å². The molecule has 0 amide bonds. The molecule has 9 rings (SSSR count). The van der Waals surface area contributed by atoms with Crippen LogP contribution in [0.5, 0.6) is 0 Å². The van der Waals surface area contributed by atoms with E-state index >= 15 is 0 Å². The summed E-state index contributed by atoms with van der Waals surface area (Å²) >= 11 is 0. The first-order valence-electron chi connectivity index (χ1n) is 19.7. The lowest BCUT2D eigenvalue weighted by Gasteiger charge is -2.26. The molecular weight excluding hydrogens is 709 g/mol. The zero-order valence-corrected chi connectivity index (χ0v) is 32.9. The Hall–Kier alpha value is -7.31. The SMILES string of the molecule is C=C(C)/C=C(\C=C/C)C1N=C(c2cccc3cccnc23)C=C(c2ccc(-c3ccc(C4=CC(c5cccc6ccn(C)c56)=NC(c5ccccc5)N4)cc3)cc2)N1. The predicted octanol–water partition coefficient (Wildman–Crippen LogP) is 11.4. The monoisotopic (exact) mass is 752 g/mol. The minimum absolute atomic E-state index is 0.214. The van der Waals surface area contributed by atoms with Gasteiger partial charge in [0, 0.05) is 52.7 Å². The lowest BCUT2D eigenvalue weighted by Crippen LogP contribution is -2.32. The van der Waals surface area contributed by atoms with Crippen LogP contribution in [0.2, 0.25) is 0 Å². The Balaban J connectivity index is 1.03. The van der Waals surface area contributed by atoms with Gasteiger partial charge in [-0.25, -0.2) is 0 Å². The van der Waals surface area contributed by atoms with Gasteiger partial charge in [0.25, 0.3) is 0 Å². The molecule has 7 aromatic rings. The van der Waals surface area contributed by atoms with Gasteiger partial charge in [-0.05, 0) is 71.5 Å². The van der Waals surface area contributed by atoms with Crippen LogP contribution >= 0.6 is 0 Å². The molecule has 0 radical (unpaired) electrons. The quantitative estimate of drug-likeness (QED) is 0.144. The fourth-order valence-corrected chi connectivity index (χ4v) is 7.90. The lowest BCUT2D eigenvalue weighted by molar-refractivity contribution is 0.664. The van der Waals surface area contributed by atoms with Gasteiger partial charge in [0.1, 0.15) is 12.3 Å². The number of hydrogen-bond donors (Lipinski definition) is 2. The van der Waals surface area contributed by atoms with E-state index in [1.807, 2.05) is 38.3 Å². The Morgan fingerprint density at radius 1 is 0.655 bits per heavy atom. The molecule has 0 bridgehead atoms. The third-order valence-corrected chi connectivity index (χ3v) is 10.7. The molecular formula is C52H44N6. The molecule has 2 aromatic heterocycles. The average molecular weight is 753 g/mol. The maximum absolute atomic E-state index is 5.24. The van der Waals surface area contributed by atoms with Gasteiger partial charge >= 0.3 is 0 Å². The van der Waals surface area contributed by atoms with Gasteiger partial charge in [0.2, 0.25) is 0 Å². The van der Waals surface area contributed by atoms with Gasteiger partial charge in [-0.1, -0.05) is 152 Å². The zero-order valence-electron chi connectivity index (χ0n) is 32.9. The summed E-state index contributed by atoms with van der Waals surface area (Å²) in [5.74, 6) is 0. The number of aromatic nitrogens is 2. The second-order valence-corrected chi connectivity index (χ2v) is 14.8. The Kier molecular flexibility index (Phi) is 9.82. The highest BCUT2D eigenvalue weighted by Gasteiger charge is 2.23. The van der Waals surface area contributed by atoms with E-state index in [9.17, 15) is 0 Å². The van der Waals surface area contributed by atoms with Crippen molar-refractivity contribution in [1.29, 1.82) is 0 Å². The minimum Gasteiger partial charge on any atom is -0.360 e. The topological polar surface area (TPSA) is 66.6 Å². The normalized spacial score (nSPS) is 17.0. The number of benzene rings is 5. The van der Waals surface area contributed by atoms with E-state index in [2.05, 4.69) is 181 Å². The number of fused-ring (bicyclic) bond motifs is 2. The number of aryl methyl sites for hydroxylation is 1. The number of hydrogen-bond acceptors (Lipinski definition) is 5. The number of allylic oxidation sites excluding steroid dienone is 5. The van der Waals surface area contributed by atoms with Crippen molar-refractivity contribution >= 4 is 44.6 Å². The highest BCUT2D eigenvalue weighted by molar-refractivity contribution is 6.19. The van der Waals surface area contributed by atoms with Crippen molar-refractivity contribution in [2.24, 2.45) is 17.0 Å². The molecule has 2 N–H and O–H groups in total. The maximum Gasteiger partial charge on any atom is 0.145 e. The van der Waals surface area contributed by atoms with Crippen LogP contribution in [-0.2, 0) is 7.05 Å². The zero-order chi connectivity index (χ0) is 39.6. The van der Waals surface area contributed by atoms with Crippen molar-refractivity contribution in [3.63, 3.8) is 0 Å². The van der Waals surface area contributed by atoms with Gasteiger partial charge < -0.3 is 15.2 Å². The van der Waals surface area contributed by atoms with Gasteiger partial charge in [-0.3, -0.25) is 15.0 Å². The maximum atomic E-state index is 5.24. The molecule has 6 nitrogen and oxygen atoms in total. The molecule has 58 heavy (non-hydrogen) atoms. The van der Waals surface area contributed by atoms with E-state index in [0.29, 0.717) is 0 Å². The van der Waals surface area contributed by atoms with Crippen molar-refractivity contribution in [3.8, 4) is 11.1 Å². The van der Waals surface area contributed by atoms with E-state index < -0.39 is 0 Å². The summed E-state index contributed by atoms with van der Waals surface area (Å²) in [6, 6.07) is 46.9. The van der Waals surface area contributed by atoms with Crippen LogP contribution < -0.4 is 10.6 Å². The first-order chi connectivity index (χ1) is 28.4. The van der Waals surface area contributed by atoms with Crippen molar-refractivity contribution in [2.45, 2.75) is 26.2 Å². The molecule has 0 saturated heterocycles. The average Bonchev–Trinajstić information content (AvgIpc) is 3.66. The highest BCUT2D eigenvalue weighted by Crippen LogP contribution is 2.32. The molecule has 0 spiro atoms. The van der Waals surface area contributed by atoms with E-state index in [4.69, 9.17) is 15.0 Å². The molecule has 2 unspecified atom stereocenters. The summed E-state index contributed by atoms with van der Waals surface area (Å²) < 4.78 is 2.18. The van der Waals surface area contributed by atoms with E-state index in [0.717, 1.165) is 83.8 Å². The summed E-state index contributed by atoms with van der Waals surface area (Å²) in [6.45, 7) is 8.19. The van der Waals surface area contributed by atoms with Crippen molar-refractivity contribution in [3.05, 3.63) is 222 Å². The van der Waals surface area contributed by atoms with Crippen LogP contribution in [0, 0.1) is 0 Å². The fourth-order valence-electron chi connectivity index (χ4n) is 7.90. The van der Waals surface area contributed by atoms with Crippen LogP contribution in [-0.4, -0.2) is 27.1 Å². The van der Waals surface area contributed by atoms with Crippen molar-refractivity contribution in [2.75, 3.05) is 0 Å². The Labute approximate surface area is 339 Å². The number of para-hydroxylation sites is 2. The molecule has 0 fully saturated rings. The standard InChI is InChI=1S/C52H44N6/c1-5-12-42(31-34(2)3)52-55-45(32-47(56-52)43-18-9-15-39-17-11-29-53-49(39)43)37-24-20-35(21-25-37)36-22-26-38(27-23-36)46-33-48(57-51(54-46)41-13-7-6-8-14-41)44-19-10-16-40-28-30-58(4)50(40)44/h5-33,51-52,54-55H,2H2,1,3-4H3/b12-5-,42-31+. The number of aliphatic imine (C=N–C) groups is 2. The van der Waals surface area contributed by atoms with Gasteiger partial charge in [-0.2, -0.15) is 0 Å². The van der Waals surface area contributed by atoms with E-state index in [1.54, 1.807) is 0 Å². The molecule has 6 heteroatoms. The highest BCUT2D eigenvalue weighted by atomic mass is 15.1. The second-order valence-electron chi connectivity index (χ2n) is 14.8. The number of nitrogens with zero attached hydrogens (tertiary/aromatic N) is 4. The number of nitrogens with one attached hydrogen (secondary N) is 2. The number of rotatable bonds is 9. The summed E-state index contributed by atoms with van der Waals surface area (Å²) in [5, 5.41) is 9.73. The van der Waals surface area contributed by atoms with Crippen LogP contribution in [0.15, 0.2) is 204 Å². The van der Waals surface area contributed by atoms with Gasteiger partial charge in [0.05, 0.1) is 22.5 Å². The summed E-state index contributed by atoms with van der Waals surface area (Å²) in [6.07, 6.45) is 14.0. The minimum atomic E-state index is -0.302. The molecule has 0 saturated carbocycles. The predicted molar refractivity (Wildman–Crippen MR) is 243 cm³/mol. The summed E-state index contributed by atoms with van der Waals surface area (Å²) in [5.41, 5.74) is 15.7. The molecule has 0 aliphatic carbocycles. The van der Waals surface area contributed by atoms with Gasteiger partial charge in [0.15, 0.2) is 0 Å². The van der Waals surface area contributed by atoms with Crippen molar-refractivity contribution in [1.82, 2.24) is 20.2 Å². The third kappa shape index (κ3) is 7.24. The molecule has 2 aliphatic rings. The lowest BCUT2D eigenvalue weighted by atomic mass is 9.97. The van der Waals surface area contributed by atoms with E-state index in [-0.39, 0.29) is 12.3 Å². The third-order valence-electron chi connectivity index (χ3n) is 10.7. The van der Waals surface area contributed by atoms with Crippen LogP contribution in [0.1, 0.15) is 47.8 Å². The molecule has 5 aromatic carbocycles. The summed E-state index contributed by atoms with van der Waals surface area (Å²) in [4.78, 5) is 15.2. The first-order valence-corrected chi connectivity index (χ1v) is 19.7. The van der Waals surface area contributed by atoms with Crippen LogP contribution in [0.4, 0.5) is 0 Å². The number of pyridine rings is 1.